The van der Waals surface area contributed by atoms with E-state index in [0.717, 1.165) is 34.9 Å². The third kappa shape index (κ3) is 12.8. The summed E-state index contributed by atoms with van der Waals surface area (Å²) in [5.74, 6) is 0. The summed E-state index contributed by atoms with van der Waals surface area (Å²) in [5.41, 5.74) is 8.07. The number of halogens is 1. The SMILES string of the molecule is CCCc1ccc(-c2ccc(B(O)O)cc2)cc1.CCCc1ccc(-c2ccc(Br)cc2)cc1.[CH2-]CCC.[Li+]. The van der Waals surface area contributed by atoms with Crippen LogP contribution in [0.25, 0.3) is 22.3 Å². The summed E-state index contributed by atoms with van der Waals surface area (Å²) in [5, 5.41) is 18.1. The zero-order valence-electron chi connectivity index (χ0n) is 24.0. The van der Waals surface area contributed by atoms with Crippen molar-refractivity contribution in [3.05, 3.63) is 120 Å². The molecule has 0 saturated carbocycles. The number of rotatable bonds is 8. The molecule has 2 nitrogen and oxygen atoms in total. The molecule has 2 N–H and O–H groups in total. The predicted molar refractivity (Wildman–Crippen MR) is 170 cm³/mol. The normalized spacial score (nSPS) is 9.82. The summed E-state index contributed by atoms with van der Waals surface area (Å²) < 4.78 is 1.12. The fraction of sp³-hybridized carbons (Fsp3) is 0.265. The van der Waals surface area contributed by atoms with E-state index in [-0.39, 0.29) is 18.9 Å². The third-order valence-electron chi connectivity index (χ3n) is 6.06. The number of hydrogen-bond donors (Lipinski definition) is 2. The summed E-state index contributed by atoms with van der Waals surface area (Å²) in [4.78, 5) is 0. The Kier molecular flexibility index (Phi) is 17.9. The topological polar surface area (TPSA) is 40.5 Å². The maximum Gasteiger partial charge on any atom is 1.00 e. The van der Waals surface area contributed by atoms with Gasteiger partial charge in [-0.3, -0.25) is 0 Å². The maximum atomic E-state index is 9.04. The van der Waals surface area contributed by atoms with Crippen molar-refractivity contribution in [2.45, 2.75) is 59.3 Å². The van der Waals surface area contributed by atoms with Gasteiger partial charge in [-0.1, -0.05) is 141 Å². The molecule has 0 saturated heterocycles. The zero-order chi connectivity index (χ0) is 27.8. The van der Waals surface area contributed by atoms with Gasteiger partial charge >= 0.3 is 26.0 Å². The Morgan fingerprint density at radius 2 is 0.872 bits per heavy atom. The van der Waals surface area contributed by atoms with Gasteiger partial charge in [0.05, 0.1) is 0 Å². The van der Waals surface area contributed by atoms with Crippen molar-refractivity contribution >= 4 is 28.5 Å². The quantitative estimate of drug-likeness (QED) is 0.209. The summed E-state index contributed by atoms with van der Waals surface area (Å²) in [7, 11) is -1.40. The van der Waals surface area contributed by atoms with Crippen LogP contribution in [-0.4, -0.2) is 17.2 Å². The van der Waals surface area contributed by atoms with Crippen LogP contribution in [0.5, 0.6) is 0 Å². The standard InChI is InChI=1S/C15H17BO2.C15H15Br.C4H9.Li/c1-2-3-12-4-6-13(7-5-12)14-8-10-15(11-9-14)16(17)18;1-2-3-12-4-6-13(7-5-12)14-8-10-15(16)11-9-14;1-3-4-2;/h4-11,17-18H,2-3H2,1H3;4-11H,2-3H2,1H3;1,3-4H2,2H3;/q;;-1;+1. The van der Waals surface area contributed by atoms with Crippen LogP contribution in [0.1, 0.15) is 57.6 Å². The van der Waals surface area contributed by atoms with Gasteiger partial charge in [0, 0.05) is 4.47 Å². The first-order valence-electron chi connectivity index (χ1n) is 13.6. The van der Waals surface area contributed by atoms with E-state index in [1.807, 2.05) is 12.1 Å². The van der Waals surface area contributed by atoms with Gasteiger partial charge in [0.2, 0.25) is 0 Å². The first-order valence-corrected chi connectivity index (χ1v) is 14.4. The molecule has 0 spiro atoms. The number of unbranched alkanes of at least 4 members (excludes halogenated alkanes) is 1. The second-order valence-corrected chi connectivity index (χ2v) is 10.2. The minimum atomic E-state index is -1.40. The molecular formula is C34H41BBrLiO2. The molecule has 0 fully saturated rings. The van der Waals surface area contributed by atoms with Crippen LogP contribution < -0.4 is 24.3 Å². The van der Waals surface area contributed by atoms with Gasteiger partial charge in [-0.2, -0.15) is 6.42 Å². The molecule has 39 heavy (non-hydrogen) atoms. The van der Waals surface area contributed by atoms with Crippen LogP contribution in [-0.2, 0) is 12.8 Å². The number of hydrogen-bond acceptors (Lipinski definition) is 2. The van der Waals surface area contributed by atoms with Crippen LogP contribution in [0.2, 0.25) is 0 Å². The second kappa shape index (κ2) is 19.9. The van der Waals surface area contributed by atoms with Gasteiger partial charge in [0.25, 0.3) is 0 Å². The Balaban J connectivity index is 0.000000337. The van der Waals surface area contributed by atoms with Crippen molar-refractivity contribution in [1.29, 1.82) is 0 Å². The largest absolute Gasteiger partial charge is 1.00 e. The van der Waals surface area contributed by atoms with E-state index in [9.17, 15) is 0 Å². The summed E-state index contributed by atoms with van der Waals surface area (Å²) in [6.45, 7) is 10.1. The Morgan fingerprint density at radius 3 is 1.15 bits per heavy atom. The molecule has 200 valence electrons. The molecule has 4 rings (SSSR count). The fourth-order valence-corrected chi connectivity index (χ4v) is 4.06. The van der Waals surface area contributed by atoms with Crippen molar-refractivity contribution in [2.75, 3.05) is 0 Å². The van der Waals surface area contributed by atoms with Crippen molar-refractivity contribution in [1.82, 2.24) is 0 Å². The van der Waals surface area contributed by atoms with E-state index in [1.54, 1.807) is 12.1 Å². The molecule has 0 aliphatic heterocycles. The first-order chi connectivity index (χ1) is 18.4. The average Bonchev–Trinajstić information content (AvgIpc) is 2.95. The Labute approximate surface area is 257 Å². The van der Waals surface area contributed by atoms with Gasteiger partial charge in [-0.05, 0) is 63.8 Å². The van der Waals surface area contributed by atoms with E-state index in [0.29, 0.717) is 5.46 Å². The molecule has 0 amide bonds. The molecule has 0 aliphatic carbocycles. The average molecular weight is 579 g/mol. The molecule has 0 aromatic heterocycles. The summed E-state index contributed by atoms with van der Waals surface area (Å²) in [6, 6.07) is 33.1. The van der Waals surface area contributed by atoms with Crippen LogP contribution in [0.3, 0.4) is 0 Å². The van der Waals surface area contributed by atoms with Gasteiger partial charge in [-0.25, -0.2) is 0 Å². The molecule has 0 radical (unpaired) electrons. The summed E-state index contributed by atoms with van der Waals surface area (Å²) >= 11 is 3.45. The first kappa shape index (κ1) is 35.0. The van der Waals surface area contributed by atoms with Crippen LogP contribution >= 0.6 is 15.9 Å². The molecule has 0 heterocycles. The van der Waals surface area contributed by atoms with Crippen LogP contribution in [0, 0.1) is 6.92 Å². The molecule has 0 aliphatic rings. The fourth-order valence-electron chi connectivity index (χ4n) is 3.80. The van der Waals surface area contributed by atoms with Gasteiger partial charge in [0.1, 0.15) is 0 Å². The Hall–Kier alpha value is -2.06. The molecule has 5 heteroatoms. The zero-order valence-corrected chi connectivity index (χ0v) is 25.6. The van der Waals surface area contributed by atoms with Gasteiger partial charge in [0.15, 0.2) is 0 Å². The van der Waals surface area contributed by atoms with Crippen molar-refractivity contribution in [3.8, 4) is 22.3 Å². The van der Waals surface area contributed by atoms with Crippen molar-refractivity contribution < 1.29 is 28.9 Å². The van der Waals surface area contributed by atoms with E-state index < -0.39 is 7.12 Å². The van der Waals surface area contributed by atoms with Gasteiger partial charge < -0.3 is 17.0 Å². The smallest absolute Gasteiger partial charge is 0.423 e. The van der Waals surface area contributed by atoms with E-state index in [2.05, 4.69) is 116 Å². The summed E-state index contributed by atoms with van der Waals surface area (Å²) in [6.07, 6.45) is 6.91. The minimum absolute atomic E-state index is 0. The number of aryl methyl sites for hydroxylation is 2. The van der Waals surface area contributed by atoms with E-state index in [1.165, 1.54) is 41.5 Å². The third-order valence-corrected chi connectivity index (χ3v) is 6.59. The van der Waals surface area contributed by atoms with Crippen LogP contribution in [0.4, 0.5) is 0 Å². The van der Waals surface area contributed by atoms with E-state index in [4.69, 9.17) is 10.0 Å². The predicted octanol–water partition coefficient (Wildman–Crippen LogP) is 5.68. The minimum Gasteiger partial charge on any atom is -0.423 e. The Morgan fingerprint density at radius 1 is 0.564 bits per heavy atom. The maximum absolute atomic E-state index is 9.04. The molecule has 0 bridgehead atoms. The molecule has 4 aromatic rings. The second-order valence-electron chi connectivity index (χ2n) is 9.25. The van der Waals surface area contributed by atoms with Crippen molar-refractivity contribution in [3.63, 3.8) is 0 Å². The Bertz CT molecular complexity index is 1160. The van der Waals surface area contributed by atoms with Crippen LogP contribution in [0.15, 0.2) is 102 Å². The molecule has 4 aromatic carbocycles. The number of benzene rings is 4. The monoisotopic (exact) mass is 578 g/mol. The molecule has 0 unspecified atom stereocenters. The van der Waals surface area contributed by atoms with Crippen molar-refractivity contribution in [2.24, 2.45) is 0 Å². The van der Waals surface area contributed by atoms with E-state index >= 15 is 0 Å². The molecule has 0 atom stereocenters. The molecular weight excluding hydrogens is 538 g/mol. The van der Waals surface area contributed by atoms with Gasteiger partial charge in [-0.15, -0.1) is 0 Å².